The van der Waals surface area contributed by atoms with Gasteiger partial charge in [0, 0.05) is 18.8 Å². The van der Waals surface area contributed by atoms with E-state index >= 15 is 0 Å². The second kappa shape index (κ2) is 9.60. The van der Waals surface area contributed by atoms with Gasteiger partial charge in [0.1, 0.15) is 5.75 Å². The molecule has 2 aromatic carbocycles. The number of piperidine rings is 1. The summed E-state index contributed by atoms with van der Waals surface area (Å²) in [6.45, 7) is 7.06. The predicted octanol–water partition coefficient (Wildman–Crippen LogP) is 5.12. The van der Waals surface area contributed by atoms with Gasteiger partial charge in [-0.2, -0.15) is 0 Å². The number of para-hydroxylation sites is 2. The normalized spacial score (nSPS) is 15.1. The summed E-state index contributed by atoms with van der Waals surface area (Å²) in [7, 11) is 0. The molecule has 4 nitrogen and oxygen atoms in total. The van der Waals surface area contributed by atoms with Crippen LogP contribution in [0.15, 0.2) is 48.5 Å². The fourth-order valence-corrected chi connectivity index (χ4v) is 3.70. The van der Waals surface area contributed by atoms with Gasteiger partial charge in [0.25, 0.3) is 0 Å². The Balaban J connectivity index is 1.58. The lowest BCUT2D eigenvalue weighted by Crippen LogP contribution is -2.31. The summed E-state index contributed by atoms with van der Waals surface area (Å²) < 4.78 is 5.64. The molecule has 5 heteroatoms. The summed E-state index contributed by atoms with van der Waals surface area (Å²) in [5.74, 6) is 0.808. The maximum absolute atomic E-state index is 5.64. The minimum absolute atomic E-state index is 0.125. The number of thiocarbonyl (C=S) groups is 1. The number of ether oxygens (including phenoxy) is 1. The van der Waals surface area contributed by atoms with Gasteiger partial charge in [-0.25, -0.2) is 0 Å². The molecule has 3 rings (SSSR count). The molecule has 0 aliphatic carbocycles. The SMILES string of the molecule is CCOc1ccccc1NC(=S)NC(C)c1ccc(N2CCCCC2)cc1. The number of rotatable bonds is 6. The van der Waals surface area contributed by atoms with Crippen molar-refractivity contribution in [2.45, 2.75) is 39.2 Å². The molecular formula is C22H29N3OS. The fourth-order valence-electron chi connectivity index (χ4n) is 3.42. The van der Waals surface area contributed by atoms with Crippen LogP contribution in [0.4, 0.5) is 11.4 Å². The van der Waals surface area contributed by atoms with Gasteiger partial charge in [-0.3, -0.25) is 0 Å². The first-order valence-corrected chi connectivity index (χ1v) is 10.2. The van der Waals surface area contributed by atoms with Gasteiger partial charge in [-0.15, -0.1) is 0 Å². The maximum Gasteiger partial charge on any atom is 0.171 e. The van der Waals surface area contributed by atoms with Crippen molar-refractivity contribution < 1.29 is 4.74 Å². The molecule has 27 heavy (non-hydrogen) atoms. The van der Waals surface area contributed by atoms with Crippen molar-refractivity contribution in [1.82, 2.24) is 5.32 Å². The first-order chi connectivity index (χ1) is 13.2. The summed E-state index contributed by atoms with van der Waals surface area (Å²) in [6, 6.07) is 16.8. The maximum atomic E-state index is 5.64. The van der Waals surface area contributed by atoms with Crippen molar-refractivity contribution in [1.29, 1.82) is 0 Å². The molecule has 1 unspecified atom stereocenters. The van der Waals surface area contributed by atoms with E-state index in [1.165, 1.54) is 43.6 Å². The van der Waals surface area contributed by atoms with E-state index in [4.69, 9.17) is 17.0 Å². The van der Waals surface area contributed by atoms with Gasteiger partial charge in [0.15, 0.2) is 5.11 Å². The van der Waals surface area contributed by atoms with Crippen molar-refractivity contribution in [2.24, 2.45) is 0 Å². The number of hydrogen-bond donors (Lipinski definition) is 2. The topological polar surface area (TPSA) is 36.5 Å². The minimum atomic E-state index is 0.125. The van der Waals surface area contributed by atoms with Gasteiger partial charge in [-0.05, 0) is 75.2 Å². The zero-order valence-corrected chi connectivity index (χ0v) is 17.0. The van der Waals surface area contributed by atoms with Crippen LogP contribution in [0.5, 0.6) is 5.75 Å². The van der Waals surface area contributed by atoms with Crippen LogP contribution in [-0.2, 0) is 0 Å². The molecule has 1 aliphatic rings. The number of benzene rings is 2. The number of nitrogens with one attached hydrogen (secondary N) is 2. The Kier molecular flexibility index (Phi) is 6.93. The molecule has 144 valence electrons. The highest BCUT2D eigenvalue weighted by Gasteiger charge is 2.13. The van der Waals surface area contributed by atoms with Crippen molar-refractivity contribution >= 4 is 28.7 Å². The summed E-state index contributed by atoms with van der Waals surface area (Å²) in [6.07, 6.45) is 3.94. The summed E-state index contributed by atoms with van der Waals surface area (Å²) in [5.41, 5.74) is 3.42. The van der Waals surface area contributed by atoms with Crippen molar-refractivity contribution in [3.8, 4) is 5.75 Å². The first kappa shape index (κ1) is 19.5. The molecule has 1 saturated heterocycles. The van der Waals surface area contributed by atoms with Gasteiger partial charge in [0.05, 0.1) is 18.3 Å². The summed E-state index contributed by atoms with van der Waals surface area (Å²) >= 11 is 5.50. The quantitative estimate of drug-likeness (QED) is 0.677. The van der Waals surface area contributed by atoms with E-state index in [1.807, 2.05) is 31.2 Å². The van der Waals surface area contributed by atoms with E-state index in [0.29, 0.717) is 11.7 Å². The Morgan fingerprint density at radius 2 is 1.78 bits per heavy atom. The Bertz CT molecular complexity index is 741. The molecule has 1 fully saturated rings. The fraction of sp³-hybridized carbons (Fsp3) is 0.409. The van der Waals surface area contributed by atoms with E-state index in [0.717, 1.165) is 11.4 Å². The summed E-state index contributed by atoms with van der Waals surface area (Å²) in [5, 5.41) is 7.20. The van der Waals surface area contributed by atoms with Gasteiger partial charge in [-0.1, -0.05) is 24.3 Å². The predicted molar refractivity (Wildman–Crippen MR) is 118 cm³/mol. The number of nitrogens with zero attached hydrogens (tertiary/aromatic N) is 1. The van der Waals surface area contributed by atoms with Crippen molar-refractivity contribution in [2.75, 3.05) is 29.9 Å². The molecule has 0 amide bonds. The van der Waals surface area contributed by atoms with Gasteiger partial charge < -0.3 is 20.3 Å². The highest BCUT2D eigenvalue weighted by Crippen LogP contribution is 2.25. The third-order valence-corrected chi connectivity index (χ3v) is 5.12. The lowest BCUT2D eigenvalue weighted by atomic mass is 10.1. The lowest BCUT2D eigenvalue weighted by Gasteiger charge is -2.29. The Morgan fingerprint density at radius 3 is 2.48 bits per heavy atom. The van der Waals surface area contributed by atoms with Crippen LogP contribution in [-0.4, -0.2) is 24.8 Å². The zero-order chi connectivity index (χ0) is 19.1. The first-order valence-electron chi connectivity index (χ1n) is 9.81. The van der Waals surface area contributed by atoms with E-state index in [9.17, 15) is 0 Å². The van der Waals surface area contributed by atoms with Crippen molar-refractivity contribution in [3.63, 3.8) is 0 Å². The molecule has 1 heterocycles. The third-order valence-electron chi connectivity index (χ3n) is 4.90. The highest BCUT2D eigenvalue weighted by atomic mass is 32.1. The Hall–Kier alpha value is -2.27. The average molecular weight is 384 g/mol. The molecule has 1 aliphatic heterocycles. The van der Waals surface area contributed by atoms with Gasteiger partial charge >= 0.3 is 0 Å². The molecule has 0 saturated carbocycles. The highest BCUT2D eigenvalue weighted by molar-refractivity contribution is 7.80. The molecule has 0 bridgehead atoms. The number of hydrogen-bond acceptors (Lipinski definition) is 3. The second-order valence-corrected chi connectivity index (χ2v) is 7.30. The van der Waals surface area contributed by atoms with Crippen molar-refractivity contribution in [3.05, 3.63) is 54.1 Å². The zero-order valence-electron chi connectivity index (χ0n) is 16.2. The monoisotopic (exact) mass is 383 g/mol. The Morgan fingerprint density at radius 1 is 1.07 bits per heavy atom. The van der Waals surface area contributed by atoms with Crippen LogP contribution in [0.25, 0.3) is 0 Å². The molecule has 2 N–H and O–H groups in total. The van der Waals surface area contributed by atoms with E-state index in [-0.39, 0.29) is 6.04 Å². The van der Waals surface area contributed by atoms with Crippen LogP contribution >= 0.6 is 12.2 Å². The van der Waals surface area contributed by atoms with E-state index in [1.54, 1.807) is 0 Å². The molecular weight excluding hydrogens is 354 g/mol. The van der Waals surface area contributed by atoms with Crippen LogP contribution in [0, 0.1) is 0 Å². The molecule has 0 spiro atoms. The minimum Gasteiger partial charge on any atom is -0.492 e. The molecule has 0 aromatic heterocycles. The summed E-state index contributed by atoms with van der Waals surface area (Å²) in [4.78, 5) is 2.47. The molecule has 1 atom stereocenters. The standard InChI is InChI=1S/C22H29N3OS/c1-3-26-21-10-6-5-9-20(21)24-22(27)23-17(2)18-11-13-19(14-12-18)25-15-7-4-8-16-25/h5-6,9-14,17H,3-4,7-8,15-16H2,1-2H3,(H2,23,24,27). The third kappa shape index (κ3) is 5.36. The molecule has 0 radical (unpaired) electrons. The number of anilines is 2. The lowest BCUT2D eigenvalue weighted by molar-refractivity contribution is 0.342. The van der Waals surface area contributed by atoms with Crippen LogP contribution in [0.2, 0.25) is 0 Å². The smallest absolute Gasteiger partial charge is 0.171 e. The second-order valence-electron chi connectivity index (χ2n) is 6.89. The largest absolute Gasteiger partial charge is 0.492 e. The van der Waals surface area contributed by atoms with E-state index < -0.39 is 0 Å². The van der Waals surface area contributed by atoms with Crippen LogP contribution in [0.3, 0.4) is 0 Å². The average Bonchev–Trinajstić information content (AvgIpc) is 2.70. The van der Waals surface area contributed by atoms with E-state index in [2.05, 4.69) is 46.7 Å². The van der Waals surface area contributed by atoms with Gasteiger partial charge in [0.2, 0.25) is 0 Å². The van der Waals surface area contributed by atoms with Crippen LogP contribution < -0.4 is 20.3 Å². The van der Waals surface area contributed by atoms with Crippen LogP contribution in [0.1, 0.15) is 44.7 Å². The Labute approximate surface area is 167 Å². The molecule has 2 aromatic rings.